The lowest BCUT2D eigenvalue weighted by molar-refractivity contribution is 0.0597. The number of aryl methyl sites for hydroxylation is 2. The number of aromatic amines is 1. The van der Waals surface area contributed by atoms with Gasteiger partial charge in [-0.3, -0.25) is 13.9 Å². The quantitative estimate of drug-likeness (QED) is 0.429. The van der Waals surface area contributed by atoms with E-state index in [-0.39, 0.29) is 22.3 Å². The maximum absolute atomic E-state index is 13.3. The van der Waals surface area contributed by atoms with E-state index in [0.717, 1.165) is 15.9 Å². The van der Waals surface area contributed by atoms with E-state index in [1.54, 1.807) is 32.2 Å². The van der Waals surface area contributed by atoms with Crippen molar-refractivity contribution in [3.05, 3.63) is 49.5 Å². The van der Waals surface area contributed by atoms with E-state index < -0.39 is 17.2 Å². The zero-order chi connectivity index (χ0) is 24.3. The number of hydrogen-bond acceptors (Lipinski definition) is 8. The van der Waals surface area contributed by atoms with Crippen molar-refractivity contribution in [3.8, 4) is 38.9 Å². The number of carbonyl (C=O) groups excluding carboxylic acids is 1. The second-order valence-corrected chi connectivity index (χ2v) is 9.09. The average molecular weight is 484 g/mol. The molecule has 0 unspecified atom stereocenters. The molecule has 0 fully saturated rings. The van der Waals surface area contributed by atoms with Gasteiger partial charge >= 0.3 is 11.7 Å². The fourth-order valence-electron chi connectivity index (χ4n) is 4.21. The fraction of sp³-hybridized carbons (Fsp3) is 0.261. The van der Waals surface area contributed by atoms with E-state index in [0.29, 0.717) is 51.3 Å². The molecule has 0 atom stereocenters. The molecule has 0 saturated heterocycles. The minimum atomic E-state index is -0.682. The van der Waals surface area contributed by atoms with Gasteiger partial charge in [0.05, 0.1) is 23.1 Å². The summed E-state index contributed by atoms with van der Waals surface area (Å²) in [6.07, 6.45) is 0. The zero-order valence-electron chi connectivity index (χ0n) is 18.8. The van der Waals surface area contributed by atoms with Crippen LogP contribution in [0.1, 0.15) is 15.2 Å². The van der Waals surface area contributed by atoms with Gasteiger partial charge in [-0.2, -0.15) is 0 Å². The van der Waals surface area contributed by atoms with Gasteiger partial charge in [0.25, 0.3) is 5.56 Å². The maximum Gasteiger partial charge on any atom is 0.342 e. The molecule has 3 aromatic heterocycles. The predicted molar refractivity (Wildman–Crippen MR) is 126 cm³/mol. The number of H-pyrrole nitrogens is 1. The minimum absolute atomic E-state index is 0.0339. The number of esters is 1. The molecule has 34 heavy (non-hydrogen) atoms. The van der Waals surface area contributed by atoms with Crippen LogP contribution in [0.2, 0.25) is 0 Å². The summed E-state index contributed by atoms with van der Waals surface area (Å²) in [5.74, 6) is 0.166. The van der Waals surface area contributed by atoms with Crippen LogP contribution in [0.5, 0.6) is 17.2 Å². The second kappa shape index (κ2) is 7.80. The number of rotatable bonds is 3. The number of ether oxygens (including phenoxy) is 3. The number of nitrogens with one attached hydrogen (secondary N) is 1. The molecule has 0 saturated carbocycles. The molecule has 176 valence electrons. The molecule has 5 rings (SSSR count). The molecule has 0 amide bonds. The SMILES string of the molecule is COC(=O)c1c(C)sc(-c2c(-c3ccc4c(c3)OCCO4)[nH]c3c2c(=O)n(C)c(=O)n3C)c1O. The number of carbonyl (C=O) groups is 1. The summed E-state index contributed by atoms with van der Waals surface area (Å²) >= 11 is 1.16. The summed E-state index contributed by atoms with van der Waals surface area (Å²) in [5, 5.41) is 11.3. The van der Waals surface area contributed by atoms with E-state index in [4.69, 9.17) is 14.2 Å². The largest absolute Gasteiger partial charge is 0.505 e. The predicted octanol–water partition coefficient (Wildman–Crippen LogP) is 2.53. The molecule has 10 nitrogen and oxygen atoms in total. The van der Waals surface area contributed by atoms with E-state index in [1.807, 2.05) is 0 Å². The summed E-state index contributed by atoms with van der Waals surface area (Å²) in [4.78, 5) is 42.2. The number of nitrogens with zero attached hydrogens (tertiary/aromatic N) is 2. The molecule has 0 bridgehead atoms. The molecule has 0 aliphatic carbocycles. The van der Waals surface area contributed by atoms with Crippen molar-refractivity contribution in [2.24, 2.45) is 14.1 Å². The van der Waals surface area contributed by atoms with Gasteiger partial charge in [-0.1, -0.05) is 0 Å². The standard InChI is InChI=1S/C23H21N3O7S/c1-10-14(22(29)31-4)18(27)19(34-10)15-16-20(25(2)23(30)26(3)21(16)28)24-17(15)11-5-6-12-13(9-11)33-8-7-32-12/h5-6,9,24,27H,7-8H2,1-4H3. The van der Waals surface area contributed by atoms with E-state index >= 15 is 0 Å². The Morgan fingerprint density at radius 2 is 1.85 bits per heavy atom. The first-order valence-electron chi connectivity index (χ1n) is 10.4. The summed E-state index contributed by atoms with van der Waals surface area (Å²) in [5.41, 5.74) is 0.806. The molecule has 1 aromatic carbocycles. The maximum atomic E-state index is 13.3. The van der Waals surface area contributed by atoms with Crippen molar-refractivity contribution in [1.82, 2.24) is 14.1 Å². The van der Waals surface area contributed by atoms with Crippen LogP contribution >= 0.6 is 11.3 Å². The molecule has 11 heteroatoms. The Morgan fingerprint density at radius 1 is 1.15 bits per heavy atom. The Kier molecular flexibility index (Phi) is 5.01. The van der Waals surface area contributed by atoms with Gasteiger partial charge in [0.2, 0.25) is 0 Å². The normalized spacial score (nSPS) is 12.8. The Balaban J connectivity index is 1.90. The van der Waals surface area contributed by atoms with Crippen molar-refractivity contribution in [1.29, 1.82) is 0 Å². The second-order valence-electron chi connectivity index (χ2n) is 7.87. The number of thiophene rings is 1. The summed E-state index contributed by atoms with van der Waals surface area (Å²) in [7, 11) is 4.18. The van der Waals surface area contributed by atoms with Crippen LogP contribution in [0.25, 0.3) is 32.7 Å². The molecular formula is C23H21N3O7S. The smallest absolute Gasteiger partial charge is 0.342 e. The van der Waals surface area contributed by atoms with Crippen molar-refractivity contribution < 1.29 is 24.1 Å². The van der Waals surface area contributed by atoms with Crippen LogP contribution in [-0.4, -0.2) is 45.5 Å². The van der Waals surface area contributed by atoms with E-state index in [9.17, 15) is 19.5 Å². The van der Waals surface area contributed by atoms with Crippen LogP contribution in [0.15, 0.2) is 27.8 Å². The number of aromatic nitrogens is 3. The molecular weight excluding hydrogens is 462 g/mol. The zero-order valence-corrected chi connectivity index (χ0v) is 19.7. The van der Waals surface area contributed by atoms with Gasteiger partial charge in [-0.05, 0) is 25.1 Å². The van der Waals surface area contributed by atoms with Gasteiger partial charge in [-0.15, -0.1) is 11.3 Å². The highest BCUT2D eigenvalue weighted by Crippen LogP contribution is 2.48. The summed E-state index contributed by atoms with van der Waals surface area (Å²) in [6, 6.07) is 5.32. The topological polar surface area (TPSA) is 125 Å². The lowest BCUT2D eigenvalue weighted by Gasteiger charge is -2.19. The van der Waals surface area contributed by atoms with Crippen LogP contribution in [0.3, 0.4) is 0 Å². The molecule has 4 heterocycles. The molecule has 2 N–H and O–H groups in total. The highest BCUT2D eigenvalue weighted by Gasteiger charge is 2.29. The summed E-state index contributed by atoms with van der Waals surface area (Å²) in [6.45, 7) is 2.53. The van der Waals surface area contributed by atoms with E-state index in [2.05, 4.69) is 4.98 Å². The molecule has 1 aliphatic rings. The Hall–Kier alpha value is -3.99. The van der Waals surface area contributed by atoms with Gasteiger partial charge < -0.3 is 24.3 Å². The number of benzene rings is 1. The van der Waals surface area contributed by atoms with Gasteiger partial charge in [-0.25, -0.2) is 9.59 Å². The Bertz CT molecular complexity index is 1610. The number of fused-ring (bicyclic) bond motifs is 2. The van der Waals surface area contributed by atoms with Crippen LogP contribution in [0, 0.1) is 6.92 Å². The highest BCUT2D eigenvalue weighted by molar-refractivity contribution is 7.16. The summed E-state index contributed by atoms with van der Waals surface area (Å²) < 4.78 is 18.5. The van der Waals surface area contributed by atoms with Gasteiger partial charge in [0.15, 0.2) is 11.5 Å². The van der Waals surface area contributed by atoms with E-state index in [1.165, 1.54) is 18.7 Å². The monoisotopic (exact) mass is 483 g/mol. The highest BCUT2D eigenvalue weighted by atomic mass is 32.1. The molecule has 4 aromatic rings. The van der Waals surface area contributed by atoms with Crippen molar-refractivity contribution >= 4 is 28.3 Å². The molecule has 1 aliphatic heterocycles. The third-order valence-corrected chi connectivity index (χ3v) is 7.03. The van der Waals surface area contributed by atoms with Crippen LogP contribution in [0.4, 0.5) is 0 Å². The number of methoxy groups -OCH3 is 1. The third-order valence-electron chi connectivity index (χ3n) is 5.91. The van der Waals surface area contributed by atoms with Gasteiger partial charge in [0, 0.05) is 30.1 Å². The third kappa shape index (κ3) is 3.04. The van der Waals surface area contributed by atoms with Crippen molar-refractivity contribution in [2.45, 2.75) is 6.92 Å². The first kappa shape index (κ1) is 21.8. The molecule has 0 spiro atoms. The van der Waals surface area contributed by atoms with Crippen LogP contribution < -0.4 is 20.7 Å². The lowest BCUT2D eigenvalue weighted by Crippen LogP contribution is -2.36. The van der Waals surface area contributed by atoms with Crippen molar-refractivity contribution in [2.75, 3.05) is 20.3 Å². The van der Waals surface area contributed by atoms with Gasteiger partial charge in [0.1, 0.15) is 30.2 Å². The lowest BCUT2D eigenvalue weighted by atomic mass is 10.0. The minimum Gasteiger partial charge on any atom is -0.505 e. The average Bonchev–Trinajstić information content (AvgIpc) is 3.37. The molecule has 0 radical (unpaired) electrons. The number of aromatic hydroxyl groups is 1. The number of hydrogen-bond donors (Lipinski definition) is 2. The first-order chi connectivity index (χ1) is 16.2. The Morgan fingerprint density at radius 3 is 2.56 bits per heavy atom. The Labute approximate surface area is 196 Å². The first-order valence-corrected chi connectivity index (χ1v) is 11.2. The van der Waals surface area contributed by atoms with Crippen molar-refractivity contribution in [3.63, 3.8) is 0 Å². The fourth-order valence-corrected chi connectivity index (χ4v) is 5.30. The van der Waals surface area contributed by atoms with Crippen LogP contribution in [-0.2, 0) is 18.8 Å².